The molecule has 1 aliphatic heterocycles. The minimum Gasteiger partial charge on any atom is -0.481 e. The van der Waals surface area contributed by atoms with E-state index >= 15 is 0 Å². The summed E-state index contributed by atoms with van der Waals surface area (Å²) in [5.74, 6) is -1.43. The molecule has 1 heterocycles. The van der Waals surface area contributed by atoms with Gasteiger partial charge in [0.25, 0.3) is 0 Å². The van der Waals surface area contributed by atoms with Crippen LogP contribution in [0.1, 0.15) is 13.3 Å². The summed E-state index contributed by atoms with van der Waals surface area (Å²) in [6.45, 7) is 4.56. The van der Waals surface area contributed by atoms with E-state index in [0.29, 0.717) is 13.1 Å². The molecule has 5 heteroatoms. The molecule has 5 nitrogen and oxygen atoms in total. The Hall–Kier alpha value is -1.10. The fraction of sp³-hybridized carbons (Fsp3) is 0.778. The van der Waals surface area contributed by atoms with E-state index in [1.807, 2.05) is 6.92 Å². The Labute approximate surface area is 83.1 Å². The normalized spacial score (nSPS) is 21.6. The lowest BCUT2D eigenvalue weighted by molar-refractivity contribution is -0.141. The fourth-order valence-electron chi connectivity index (χ4n) is 1.54. The summed E-state index contributed by atoms with van der Waals surface area (Å²) < 4.78 is 0. The number of nitrogens with one attached hydrogen (secondary N) is 1. The zero-order chi connectivity index (χ0) is 10.6. The first kappa shape index (κ1) is 11.0. The summed E-state index contributed by atoms with van der Waals surface area (Å²) in [6, 6.07) is 0. The van der Waals surface area contributed by atoms with Gasteiger partial charge in [-0.3, -0.25) is 9.59 Å². The summed E-state index contributed by atoms with van der Waals surface area (Å²) in [5, 5.41) is 11.8. The van der Waals surface area contributed by atoms with Crippen molar-refractivity contribution in [2.45, 2.75) is 13.3 Å². The summed E-state index contributed by atoms with van der Waals surface area (Å²) in [5.41, 5.74) is 0. The van der Waals surface area contributed by atoms with Crippen LogP contribution in [-0.2, 0) is 9.59 Å². The number of nitrogens with zero attached hydrogens (tertiary/aromatic N) is 1. The topological polar surface area (TPSA) is 69.6 Å². The smallest absolute Gasteiger partial charge is 0.308 e. The van der Waals surface area contributed by atoms with Gasteiger partial charge in [0, 0.05) is 26.1 Å². The molecule has 0 radical (unpaired) electrons. The molecule has 1 atom stereocenters. The molecule has 0 aliphatic carbocycles. The number of hydrogen-bond donors (Lipinski definition) is 2. The Bertz CT molecular complexity index is 230. The van der Waals surface area contributed by atoms with E-state index in [2.05, 4.69) is 5.32 Å². The van der Waals surface area contributed by atoms with E-state index in [9.17, 15) is 9.59 Å². The highest BCUT2D eigenvalue weighted by Crippen LogP contribution is 2.16. The van der Waals surface area contributed by atoms with E-state index < -0.39 is 11.9 Å². The average Bonchev–Trinajstić information content (AvgIpc) is 2.49. The molecule has 1 amide bonds. The first-order chi connectivity index (χ1) is 6.65. The lowest BCUT2D eigenvalue weighted by atomic mass is 10.1. The summed E-state index contributed by atoms with van der Waals surface area (Å²) in [6.07, 6.45) is 0.154. The second-order valence-electron chi connectivity index (χ2n) is 3.43. The van der Waals surface area contributed by atoms with Gasteiger partial charge in [0.2, 0.25) is 5.91 Å². The number of rotatable bonds is 5. The molecule has 1 rings (SSSR count). The average molecular weight is 200 g/mol. The number of likely N-dealkylation sites (tertiary alicyclic amines) is 1. The van der Waals surface area contributed by atoms with Gasteiger partial charge in [-0.15, -0.1) is 0 Å². The highest BCUT2D eigenvalue weighted by Gasteiger charge is 2.33. The Kier molecular flexibility index (Phi) is 3.88. The third kappa shape index (κ3) is 2.70. The van der Waals surface area contributed by atoms with Crippen LogP contribution in [0.15, 0.2) is 0 Å². The summed E-state index contributed by atoms with van der Waals surface area (Å²) >= 11 is 0. The van der Waals surface area contributed by atoms with Crippen LogP contribution in [0.4, 0.5) is 0 Å². The van der Waals surface area contributed by atoms with Gasteiger partial charge in [-0.25, -0.2) is 0 Å². The zero-order valence-electron chi connectivity index (χ0n) is 8.32. The Morgan fingerprint density at radius 2 is 2.43 bits per heavy atom. The van der Waals surface area contributed by atoms with Gasteiger partial charge in [0.1, 0.15) is 0 Å². The van der Waals surface area contributed by atoms with E-state index in [4.69, 9.17) is 5.11 Å². The number of carbonyl (C=O) groups excluding carboxylic acids is 1. The third-order valence-electron chi connectivity index (χ3n) is 2.37. The Morgan fingerprint density at radius 1 is 1.71 bits per heavy atom. The molecule has 2 N–H and O–H groups in total. The molecule has 14 heavy (non-hydrogen) atoms. The van der Waals surface area contributed by atoms with Crippen molar-refractivity contribution in [1.82, 2.24) is 10.2 Å². The largest absolute Gasteiger partial charge is 0.481 e. The molecule has 0 saturated carbocycles. The first-order valence-corrected chi connectivity index (χ1v) is 4.86. The number of carboxylic acids is 1. The molecule has 0 bridgehead atoms. The quantitative estimate of drug-likeness (QED) is 0.589. The molecule has 0 aromatic carbocycles. The molecule has 1 unspecified atom stereocenters. The van der Waals surface area contributed by atoms with Crippen LogP contribution in [-0.4, -0.2) is 48.1 Å². The monoisotopic (exact) mass is 200 g/mol. The van der Waals surface area contributed by atoms with E-state index in [0.717, 1.165) is 13.1 Å². The molecule has 0 aromatic heterocycles. The third-order valence-corrected chi connectivity index (χ3v) is 2.37. The van der Waals surface area contributed by atoms with Crippen LogP contribution < -0.4 is 5.32 Å². The van der Waals surface area contributed by atoms with Crippen molar-refractivity contribution >= 4 is 11.9 Å². The van der Waals surface area contributed by atoms with Crippen LogP contribution in [0, 0.1) is 5.92 Å². The van der Waals surface area contributed by atoms with Crippen molar-refractivity contribution in [3.8, 4) is 0 Å². The van der Waals surface area contributed by atoms with Crippen LogP contribution in [0.3, 0.4) is 0 Å². The summed E-state index contributed by atoms with van der Waals surface area (Å²) in [4.78, 5) is 23.6. The number of likely N-dealkylation sites (N-methyl/N-ethyl adjacent to an activating group) is 1. The number of aliphatic carboxylic acids is 1. The highest BCUT2D eigenvalue weighted by atomic mass is 16.4. The predicted octanol–water partition coefficient (Wildman–Crippen LogP) is -0.471. The molecule has 1 fully saturated rings. The number of amides is 1. The number of carboxylic acid groups (broad SMARTS) is 1. The standard InChI is InChI=1S/C9H16N2O3/c1-2-10-3-4-11-6-7(9(13)14)5-8(11)12/h7,10H,2-6H2,1H3,(H,13,14). The van der Waals surface area contributed by atoms with Crippen LogP contribution in [0.2, 0.25) is 0 Å². The second kappa shape index (κ2) is 4.95. The zero-order valence-corrected chi connectivity index (χ0v) is 8.32. The molecule has 1 saturated heterocycles. The maximum Gasteiger partial charge on any atom is 0.308 e. The Balaban J connectivity index is 2.33. The fourth-order valence-corrected chi connectivity index (χ4v) is 1.54. The maximum atomic E-state index is 11.3. The minimum atomic E-state index is -0.871. The van der Waals surface area contributed by atoms with Gasteiger partial charge in [0.15, 0.2) is 0 Å². The first-order valence-electron chi connectivity index (χ1n) is 4.86. The van der Waals surface area contributed by atoms with Crippen molar-refractivity contribution in [3.05, 3.63) is 0 Å². The van der Waals surface area contributed by atoms with E-state index in [1.54, 1.807) is 4.90 Å². The highest BCUT2D eigenvalue weighted by molar-refractivity contribution is 5.86. The van der Waals surface area contributed by atoms with Crippen LogP contribution >= 0.6 is 0 Å². The molecule has 0 spiro atoms. The van der Waals surface area contributed by atoms with Crippen LogP contribution in [0.5, 0.6) is 0 Å². The van der Waals surface area contributed by atoms with Crippen molar-refractivity contribution in [2.75, 3.05) is 26.2 Å². The minimum absolute atomic E-state index is 0.0460. The predicted molar refractivity (Wildman–Crippen MR) is 50.9 cm³/mol. The van der Waals surface area contributed by atoms with Gasteiger partial charge in [-0.1, -0.05) is 6.92 Å². The maximum absolute atomic E-state index is 11.3. The Morgan fingerprint density at radius 3 is 2.93 bits per heavy atom. The molecule has 80 valence electrons. The second-order valence-corrected chi connectivity index (χ2v) is 3.43. The lowest BCUT2D eigenvalue weighted by Gasteiger charge is -2.15. The molecular weight excluding hydrogens is 184 g/mol. The molecule has 1 aliphatic rings. The van der Waals surface area contributed by atoms with Crippen molar-refractivity contribution in [3.63, 3.8) is 0 Å². The van der Waals surface area contributed by atoms with Gasteiger partial charge >= 0.3 is 5.97 Å². The van der Waals surface area contributed by atoms with Crippen molar-refractivity contribution in [1.29, 1.82) is 0 Å². The SMILES string of the molecule is CCNCCN1CC(C(=O)O)CC1=O. The van der Waals surface area contributed by atoms with Gasteiger partial charge in [-0.2, -0.15) is 0 Å². The van der Waals surface area contributed by atoms with Gasteiger partial charge < -0.3 is 15.3 Å². The molecule has 0 aromatic rings. The van der Waals surface area contributed by atoms with Crippen molar-refractivity contribution < 1.29 is 14.7 Å². The van der Waals surface area contributed by atoms with Crippen LogP contribution in [0.25, 0.3) is 0 Å². The summed E-state index contributed by atoms with van der Waals surface area (Å²) in [7, 11) is 0. The van der Waals surface area contributed by atoms with E-state index in [1.165, 1.54) is 0 Å². The lowest BCUT2D eigenvalue weighted by Crippen LogP contribution is -2.33. The van der Waals surface area contributed by atoms with Crippen molar-refractivity contribution in [2.24, 2.45) is 5.92 Å². The molecular formula is C9H16N2O3. The number of carbonyl (C=O) groups is 2. The number of hydrogen-bond acceptors (Lipinski definition) is 3. The van der Waals surface area contributed by atoms with E-state index in [-0.39, 0.29) is 12.3 Å². The van der Waals surface area contributed by atoms with Gasteiger partial charge in [0.05, 0.1) is 5.92 Å². The van der Waals surface area contributed by atoms with Gasteiger partial charge in [-0.05, 0) is 6.54 Å².